The highest BCUT2D eigenvalue weighted by molar-refractivity contribution is 9.10. The Labute approximate surface area is 116 Å². The molecule has 2 aromatic rings. The van der Waals surface area contributed by atoms with Gasteiger partial charge >= 0.3 is 0 Å². The van der Waals surface area contributed by atoms with Crippen molar-refractivity contribution in [3.8, 4) is 5.75 Å². The average molecular weight is 328 g/mol. The highest BCUT2D eigenvalue weighted by atomic mass is 79.9. The normalized spacial score (nSPS) is 10.3. The number of halogens is 3. The number of anilines is 1. The number of aromatic hydroxyl groups is 1. The zero-order valence-corrected chi connectivity index (χ0v) is 11.0. The summed E-state index contributed by atoms with van der Waals surface area (Å²) in [6.07, 6.45) is 0. The first-order valence-corrected chi connectivity index (χ1v) is 6.01. The van der Waals surface area contributed by atoms with E-state index in [1.165, 1.54) is 24.3 Å². The second-order valence-corrected chi connectivity index (χ2v) is 4.66. The zero-order chi connectivity index (χ0) is 14.0. The molecular formula is C13H8BrF2NO2. The van der Waals surface area contributed by atoms with Crippen LogP contribution in [0.5, 0.6) is 5.75 Å². The van der Waals surface area contributed by atoms with Gasteiger partial charge in [-0.3, -0.25) is 4.79 Å². The van der Waals surface area contributed by atoms with Crippen molar-refractivity contribution >= 4 is 27.5 Å². The number of amides is 1. The molecule has 0 heterocycles. The Morgan fingerprint density at radius 2 is 1.79 bits per heavy atom. The van der Waals surface area contributed by atoms with E-state index in [4.69, 9.17) is 0 Å². The number of carbonyl (C=O) groups excluding carboxylic acids is 1. The summed E-state index contributed by atoms with van der Waals surface area (Å²) in [4.78, 5) is 11.8. The minimum atomic E-state index is -0.889. The smallest absolute Gasteiger partial charge is 0.255 e. The first-order chi connectivity index (χ1) is 8.97. The van der Waals surface area contributed by atoms with Gasteiger partial charge in [-0.25, -0.2) is 8.78 Å². The summed E-state index contributed by atoms with van der Waals surface area (Å²) in [6.45, 7) is 0. The third-order valence-corrected chi connectivity index (χ3v) is 2.81. The van der Waals surface area contributed by atoms with E-state index >= 15 is 0 Å². The van der Waals surface area contributed by atoms with Crippen LogP contribution in [0.3, 0.4) is 0 Å². The first-order valence-electron chi connectivity index (χ1n) is 5.22. The lowest BCUT2D eigenvalue weighted by molar-refractivity contribution is 0.102. The van der Waals surface area contributed by atoms with E-state index < -0.39 is 23.2 Å². The van der Waals surface area contributed by atoms with Gasteiger partial charge in [0.15, 0.2) is 11.6 Å². The van der Waals surface area contributed by atoms with E-state index in [0.717, 1.165) is 12.1 Å². The van der Waals surface area contributed by atoms with Crippen LogP contribution >= 0.6 is 15.9 Å². The van der Waals surface area contributed by atoms with Crippen LogP contribution in [0.15, 0.2) is 40.9 Å². The lowest BCUT2D eigenvalue weighted by atomic mass is 10.2. The maximum atomic E-state index is 13.5. The number of carbonyl (C=O) groups is 1. The van der Waals surface area contributed by atoms with Gasteiger partial charge in [-0.2, -0.15) is 0 Å². The number of benzene rings is 2. The molecular weight excluding hydrogens is 320 g/mol. The summed E-state index contributed by atoms with van der Waals surface area (Å²) >= 11 is 2.94. The summed E-state index contributed by atoms with van der Waals surface area (Å²) < 4.78 is 27.3. The maximum absolute atomic E-state index is 13.5. The number of hydrogen-bond acceptors (Lipinski definition) is 2. The maximum Gasteiger partial charge on any atom is 0.255 e. The second kappa shape index (κ2) is 5.36. The summed E-state index contributed by atoms with van der Waals surface area (Å²) in [7, 11) is 0. The number of hydrogen-bond donors (Lipinski definition) is 2. The van der Waals surface area contributed by atoms with Crippen molar-refractivity contribution in [2.75, 3.05) is 5.32 Å². The van der Waals surface area contributed by atoms with Gasteiger partial charge in [0.25, 0.3) is 5.91 Å². The van der Waals surface area contributed by atoms with Crippen LogP contribution in [0, 0.1) is 11.6 Å². The topological polar surface area (TPSA) is 49.3 Å². The van der Waals surface area contributed by atoms with E-state index in [9.17, 15) is 18.7 Å². The SMILES string of the molecule is O=C(Nc1c(F)cc(Br)cc1F)c1cccc(O)c1. The monoisotopic (exact) mass is 327 g/mol. The molecule has 0 aromatic heterocycles. The molecule has 0 bridgehead atoms. The fourth-order valence-corrected chi connectivity index (χ4v) is 1.90. The molecule has 0 unspecified atom stereocenters. The van der Waals surface area contributed by atoms with E-state index in [2.05, 4.69) is 21.2 Å². The van der Waals surface area contributed by atoms with Crippen molar-refractivity contribution in [3.63, 3.8) is 0 Å². The van der Waals surface area contributed by atoms with Gasteiger partial charge in [0.2, 0.25) is 0 Å². The molecule has 6 heteroatoms. The van der Waals surface area contributed by atoms with E-state index in [1.807, 2.05) is 0 Å². The Balaban J connectivity index is 2.29. The van der Waals surface area contributed by atoms with Crippen LogP contribution in [-0.4, -0.2) is 11.0 Å². The summed E-state index contributed by atoms with van der Waals surface area (Å²) in [5.74, 6) is -2.60. The molecule has 0 atom stereocenters. The predicted octanol–water partition coefficient (Wildman–Crippen LogP) is 3.69. The molecule has 19 heavy (non-hydrogen) atoms. The Morgan fingerprint density at radius 3 is 2.37 bits per heavy atom. The summed E-state index contributed by atoms with van der Waals surface area (Å²) in [5, 5.41) is 11.4. The lowest BCUT2D eigenvalue weighted by Crippen LogP contribution is -2.14. The van der Waals surface area contributed by atoms with Crippen molar-refractivity contribution in [2.45, 2.75) is 0 Å². The van der Waals surface area contributed by atoms with Crippen LogP contribution in [0.25, 0.3) is 0 Å². The largest absolute Gasteiger partial charge is 0.508 e. The van der Waals surface area contributed by atoms with E-state index in [1.54, 1.807) is 0 Å². The van der Waals surface area contributed by atoms with Gasteiger partial charge in [0.1, 0.15) is 11.4 Å². The Kier molecular flexibility index (Phi) is 3.80. The summed E-state index contributed by atoms with van der Waals surface area (Å²) in [5.41, 5.74) is -0.432. The van der Waals surface area contributed by atoms with Gasteiger partial charge < -0.3 is 10.4 Å². The molecule has 3 nitrogen and oxygen atoms in total. The molecule has 1 amide bonds. The second-order valence-electron chi connectivity index (χ2n) is 3.75. The van der Waals surface area contributed by atoms with Crippen LogP contribution in [-0.2, 0) is 0 Å². The Bertz CT molecular complexity index is 623. The minimum absolute atomic E-state index is 0.0988. The predicted molar refractivity (Wildman–Crippen MR) is 70.1 cm³/mol. The molecule has 0 radical (unpaired) electrons. The molecule has 2 rings (SSSR count). The molecule has 2 N–H and O–H groups in total. The molecule has 0 spiro atoms. The molecule has 0 aliphatic carbocycles. The quantitative estimate of drug-likeness (QED) is 0.883. The van der Waals surface area contributed by atoms with Crippen molar-refractivity contribution in [1.29, 1.82) is 0 Å². The molecule has 0 aliphatic heterocycles. The van der Waals surface area contributed by atoms with Crippen molar-refractivity contribution in [1.82, 2.24) is 0 Å². The van der Waals surface area contributed by atoms with Gasteiger partial charge in [-0.05, 0) is 30.3 Å². The number of phenolic OH excluding ortho intramolecular Hbond substituents is 1. The number of rotatable bonds is 2. The first kappa shape index (κ1) is 13.5. The lowest BCUT2D eigenvalue weighted by Gasteiger charge is -2.08. The van der Waals surface area contributed by atoms with Gasteiger partial charge in [-0.15, -0.1) is 0 Å². The molecule has 0 aliphatic rings. The van der Waals surface area contributed by atoms with E-state index in [-0.39, 0.29) is 15.8 Å². The van der Waals surface area contributed by atoms with Gasteiger partial charge in [-0.1, -0.05) is 22.0 Å². The molecule has 98 valence electrons. The van der Waals surface area contributed by atoms with Crippen LogP contribution < -0.4 is 5.32 Å². The van der Waals surface area contributed by atoms with Gasteiger partial charge in [0.05, 0.1) is 0 Å². The molecule has 0 saturated carbocycles. The highest BCUT2D eigenvalue weighted by Gasteiger charge is 2.14. The van der Waals surface area contributed by atoms with Crippen molar-refractivity contribution < 1.29 is 18.7 Å². The standard InChI is InChI=1S/C13H8BrF2NO2/c14-8-5-10(15)12(11(16)6-8)17-13(19)7-2-1-3-9(18)4-7/h1-6,18H,(H,17,19). The van der Waals surface area contributed by atoms with Gasteiger partial charge in [0, 0.05) is 10.0 Å². The zero-order valence-electron chi connectivity index (χ0n) is 9.45. The van der Waals surface area contributed by atoms with Crippen molar-refractivity contribution in [2.24, 2.45) is 0 Å². The Hall–Kier alpha value is -1.95. The summed E-state index contributed by atoms with van der Waals surface area (Å²) in [6, 6.07) is 7.55. The van der Waals surface area contributed by atoms with Crippen LogP contribution in [0.1, 0.15) is 10.4 Å². The highest BCUT2D eigenvalue weighted by Crippen LogP contribution is 2.24. The molecule has 0 saturated heterocycles. The third-order valence-electron chi connectivity index (χ3n) is 2.35. The minimum Gasteiger partial charge on any atom is -0.508 e. The number of nitrogens with one attached hydrogen (secondary N) is 1. The van der Waals surface area contributed by atoms with E-state index in [0.29, 0.717) is 0 Å². The Morgan fingerprint density at radius 1 is 1.16 bits per heavy atom. The fraction of sp³-hybridized carbons (Fsp3) is 0. The average Bonchev–Trinajstić information content (AvgIpc) is 2.33. The molecule has 2 aromatic carbocycles. The van der Waals surface area contributed by atoms with Crippen LogP contribution in [0.4, 0.5) is 14.5 Å². The fourth-order valence-electron chi connectivity index (χ4n) is 1.49. The van der Waals surface area contributed by atoms with Crippen molar-refractivity contribution in [3.05, 3.63) is 58.1 Å². The number of phenols is 1. The molecule has 0 fully saturated rings. The third kappa shape index (κ3) is 3.08. The van der Waals surface area contributed by atoms with Crippen LogP contribution in [0.2, 0.25) is 0 Å².